The molecule has 154 valence electrons. The number of halogens is 1. The number of nitrogens with one attached hydrogen (secondary N) is 1. The molecule has 0 unspecified atom stereocenters. The van der Waals surface area contributed by atoms with Crippen molar-refractivity contribution in [3.63, 3.8) is 0 Å². The third kappa shape index (κ3) is 3.58. The molecule has 2 aliphatic rings. The summed E-state index contributed by atoms with van der Waals surface area (Å²) in [5.74, 6) is -1.94. The van der Waals surface area contributed by atoms with Gasteiger partial charge in [-0.15, -0.1) is 0 Å². The Hall–Kier alpha value is -3.48. The van der Waals surface area contributed by atoms with Crippen molar-refractivity contribution in [2.45, 2.75) is 26.7 Å². The number of carbonyl (C=O) groups excluding carboxylic acids is 3. The number of anilines is 2. The highest BCUT2D eigenvalue weighted by Crippen LogP contribution is 2.27. The van der Waals surface area contributed by atoms with E-state index in [4.69, 9.17) is 0 Å². The van der Waals surface area contributed by atoms with Crippen molar-refractivity contribution in [2.24, 2.45) is 0 Å². The Labute approximate surface area is 174 Å². The Kier molecular flexibility index (Phi) is 5.11. The number of nitrogens with zero attached hydrogens (tertiary/aromatic N) is 2. The van der Waals surface area contributed by atoms with Crippen LogP contribution in [0.2, 0.25) is 0 Å². The largest absolute Gasteiger partial charge is 0.369 e. The average molecular weight is 407 g/mol. The first kappa shape index (κ1) is 19.8. The summed E-state index contributed by atoms with van der Waals surface area (Å²) >= 11 is 0. The van der Waals surface area contributed by atoms with Gasteiger partial charge in [0.15, 0.2) is 0 Å². The normalized spacial score (nSPS) is 18.4. The fourth-order valence-corrected chi connectivity index (χ4v) is 3.75. The molecule has 30 heavy (non-hydrogen) atoms. The molecule has 2 aromatic rings. The van der Waals surface area contributed by atoms with E-state index in [-0.39, 0.29) is 5.57 Å². The van der Waals surface area contributed by atoms with Crippen molar-refractivity contribution in [3.05, 3.63) is 64.5 Å². The summed E-state index contributed by atoms with van der Waals surface area (Å²) in [5.41, 5.74) is 2.97. The number of benzene rings is 2. The van der Waals surface area contributed by atoms with E-state index in [2.05, 4.69) is 5.32 Å². The van der Waals surface area contributed by atoms with Gasteiger partial charge in [0.1, 0.15) is 11.4 Å². The van der Waals surface area contributed by atoms with Crippen molar-refractivity contribution < 1.29 is 18.8 Å². The third-order valence-electron chi connectivity index (χ3n) is 5.58. The van der Waals surface area contributed by atoms with Crippen molar-refractivity contribution in [1.29, 1.82) is 0 Å². The molecule has 0 aromatic heterocycles. The smallest absolute Gasteiger partial charge is 0.335 e. The second kappa shape index (κ2) is 7.74. The lowest BCUT2D eigenvalue weighted by Gasteiger charge is -2.27. The molecule has 4 rings (SSSR count). The molecule has 2 aliphatic heterocycles. The number of carbonyl (C=O) groups is 3. The Morgan fingerprint density at radius 3 is 2.37 bits per heavy atom. The molecular weight excluding hydrogens is 385 g/mol. The number of aryl methyl sites for hydroxylation is 2. The maximum absolute atomic E-state index is 14.6. The van der Waals surface area contributed by atoms with Crippen LogP contribution in [0.4, 0.5) is 20.6 Å². The highest BCUT2D eigenvalue weighted by atomic mass is 19.1. The highest BCUT2D eigenvalue weighted by Gasteiger charge is 2.37. The molecule has 0 saturated carbocycles. The van der Waals surface area contributed by atoms with Gasteiger partial charge in [0, 0.05) is 13.1 Å². The van der Waals surface area contributed by atoms with Gasteiger partial charge in [-0.2, -0.15) is 0 Å². The molecule has 1 N–H and O–H groups in total. The van der Waals surface area contributed by atoms with Crippen molar-refractivity contribution in [3.8, 4) is 0 Å². The van der Waals surface area contributed by atoms with Crippen LogP contribution >= 0.6 is 0 Å². The topological polar surface area (TPSA) is 69.7 Å². The van der Waals surface area contributed by atoms with E-state index in [1.54, 1.807) is 30.3 Å². The quantitative estimate of drug-likeness (QED) is 0.622. The van der Waals surface area contributed by atoms with Gasteiger partial charge >= 0.3 is 6.03 Å². The van der Waals surface area contributed by atoms with Crippen LogP contribution in [0.25, 0.3) is 6.08 Å². The SMILES string of the molecule is Cc1ccc(N2C(=O)NC(=O)/C(=C\c3ccc(N4CCCC4)c(F)c3)C2=O)cc1C. The lowest BCUT2D eigenvalue weighted by atomic mass is 10.0. The molecule has 4 amide bonds. The van der Waals surface area contributed by atoms with Gasteiger partial charge in [0.2, 0.25) is 0 Å². The molecule has 2 fully saturated rings. The number of rotatable bonds is 3. The van der Waals surface area contributed by atoms with Crippen LogP contribution in [0.1, 0.15) is 29.5 Å². The van der Waals surface area contributed by atoms with Crippen LogP contribution in [0.5, 0.6) is 0 Å². The number of hydrogen-bond donors (Lipinski definition) is 1. The van der Waals surface area contributed by atoms with Crippen LogP contribution in [0, 0.1) is 19.7 Å². The molecule has 0 spiro atoms. The van der Waals surface area contributed by atoms with Gasteiger partial charge in [-0.3, -0.25) is 14.9 Å². The number of urea groups is 1. The predicted molar refractivity (Wildman–Crippen MR) is 113 cm³/mol. The van der Waals surface area contributed by atoms with Crippen LogP contribution in [0.3, 0.4) is 0 Å². The van der Waals surface area contributed by atoms with E-state index in [0.717, 1.165) is 42.0 Å². The standard InChI is InChI=1S/C23H22FN3O3/c1-14-5-7-17(11-15(14)2)27-22(29)18(21(28)25-23(27)30)12-16-6-8-20(19(24)13-16)26-9-3-4-10-26/h5-8,11-13H,3-4,9-10H2,1-2H3,(H,25,28,30)/b18-12+. The highest BCUT2D eigenvalue weighted by molar-refractivity contribution is 6.39. The molecule has 0 bridgehead atoms. The molecule has 2 heterocycles. The molecular formula is C23H22FN3O3. The van der Waals surface area contributed by atoms with Crippen molar-refractivity contribution in [1.82, 2.24) is 5.32 Å². The molecule has 6 nitrogen and oxygen atoms in total. The van der Waals surface area contributed by atoms with E-state index >= 15 is 0 Å². The van der Waals surface area contributed by atoms with Gasteiger partial charge in [-0.25, -0.2) is 14.1 Å². The first-order valence-corrected chi connectivity index (χ1v) is 9.88. The minimum Gasteiger partial charge on any atom is -0.369 e. The van der Waals surface area contributed by atoms with Crippen molar-refractivity contribution in [2.75, 3.05) is 22.9 Å². The van der Waals surface area contributed by atoms with Gasteiger partial charge in [0.05, 0.1) is 11.4 Å². The van der Waals surface area contributed by atoms with E-state index in [1.807, 2.05) is 18.7 Å². The van der Waals surface area contributed by atoms with E-state index in [1.165, 1.54) is 12.1 Å². The third-order valence-corrected chi connectivity index (χ3v) is 5.58. The predicted octanol–water partition coefficient (Wildman–Crippen LogP) is 3.71. The molecule has 0 aliphatic carbocycles. The number of amides is 4. The van der Waals surface area contributed by atoms with Crippen LogP contribution in [-0.2, 0) is 9.59 Å². The Bertz CT molecular complexity index is 1090. The van der Waals surface area contributed by atoms with Gasteiger partial charge in [-0.1, -0.05) is 12.1 Å². The monoisotopic (exact) mass is 407 g/mol. The zero-order chi connectivity index (χ0) is 21.4. The lowest BCUT2D eigenvalue weighted by molar-refractivity contribution is -0.122. The molecule has 7 heteroatoms. The second-order valence-corrected chi connectivity index (χ2v) is 7.63. The van der Waals surface area contributed by atoms with E-state index < -0.39 is 23.7 Å². The van der Waals surface area contributed by atoms with E-state index in [0.29, 0.717) is 16.9 Å². The molecule has 2 saturated heterocycles. The van der Waals surface area contributed by atoms with Gasteiger partial charge in [0.25, 0.3) is 11.8 Å². The summed E-state index contributed by atoms with van der Waals surface area (Å²) < 4.78 is 14.6. The Morgan fingerprint density at radius 1 is 0.967 bits per heavy atom. The van der Waals surface area contributed by atoms with E-state index in [9.17, 15) is 18.8 Å². The zero-order valence-corrected chi connectivity index (χ0v) is 16.9. The van der Waals surface area contributed by atoms with Crippen LogP contribution in [0.15, 0.2) is 42.0 Å². The number of hydrogen-bond acceptors (Lipinski definition) is 4. The first-order chi connectivity index (χ1) is 14.3. The summed E-state index contributed by atoms with van der Waals surface area (Å²) in [4.78, 5) is 40.5. The van der Waals surface area contributed by atoms with Crippen LogP contribution < -0.4 is 15.1 Å². The molecule has 0 atom stereocenters. The second-order valence-electron chi connectivity index (χ2n) is 7.63. The average Bonchev–Trinajstić information content (AvgIpc) is 3.22. The summed E-state index contributed by atoms with van der Waals surface area (Å²) in [5, 5.41) is 2.19. The summed E-state index contributed by atoms with van der Waals surface area (Å²) in [6, 6.07) is 8.99. The fraction of sp³-hybridized carbons (Fsp3) is 0.261. The van der Waals surface area contributed by atoms with Gasteiger partial charge < -0.3 is 4.90 Å². The first-order valence-electron chi connectivity index (χ1n) is 9.88. The molecule has 0 radical (unpaired) electrons. The number of barbiturate groups is 1. The molecule has 2 aromatic carbocycles. The summed E-state index contributed by atoms with van der Waals surface area (Å²) in [6.45, 7) is 5.42. The summed E-state index contributed by atoms with van der Waals surface area (Å²) in [6.07, 6.45) is 3.37. The minimum atomic E-state index is -0.805. The zero-order valence-electron chi connectivity index (χ0n) is 16.9. The maximum atomic E-state index is 14.6. The van der Waals surface area contributed by atoms with Crippen molar-refractivity contribution >= 4 is 35.3 Å². The lowest BCUT2D eigenvalue weighted by Crippen LogP contribution is -2.54. The minimum absolute atomic E-state index is 0.221. The Morgan fingerprint density at radius 2 is 1.70 bits per heavy atom. The maximum Gasteiger partial charge on any atom is 0.335 e. The van der Waals surface area contributed by atoms with Gasteiger partial charge in [-0.05, 0) is 73.7 Å². The fourth-order valence-electron chi connectivity index (χ4n) is 3.75. The number of imide groups is 2. The summed E-state index contributed by atoms with van der Waals surface area (Å²) in [7, 11) is 0. The van der Waals surface area contributed by atoms with Crippen LogP contribution in [-0.4, -0.2) is 30.9 Å². The Balaban J connectivity index is 1.67.